The fourth-order valence-electron chi connectivity index (χ4n) is 7.13. The maximum Gasteiger partial charge on any atom is 0.227 e. The number of nitrogens with zero attached hydrogens (tertiary/aromatic N) is 3. The average molecular weight is 644 g/mol. The first-order chi connectivity index (χ1) is 24.8. The minimum Gasteiger partial charge on any atom is -0.453 e. The summed E-state index contributed by atoms with van der Waals surface area (Å²) in [6.45, 7) is 0. The molecule has 236 valence electrons. The third-order valence-electron chi connectivity index (χ3n) is 9.41. The van der Waals surface area contributed by atoms with E-state index in [0.29, 0.717) is 5.89 Å². The summed E-state index contributed by atoms with van der Waals surface area (Å²) in [5, 5.41) is 4.40. The van der Waals surface area contributed by atoms with Gasteiger partial charge in [-0.15, -0.1) is 0 Å². The van der Waals surface area contributed by atoms with Crippen LogP contribution in [0.3, 0.4) is 0 Å². The second kappa shape index (κ2) is 11.4. The van der Waals surface area contributed by atoms with Crippen LogP contribution in [0.1, 0.15) is 0 Å². The average Bonchev–Trinajstić information content (AvgIpc) is 3.63. The van der Waals surface area contributed by atoms with E-state index in [-0.39, 0.29) is 0 Å². The van der Waals surface area contributed by atoms with E-state index < -0.39 is 0 Å². The molecule has 8 aromatic carbocycles. The topological polar surface area (TPSA) is 41.7 Å². The largest absolute Gasteiger partial charge is 0.453 e. The quantitative estimate of drug-likeness (QED) is 0.175. The van der Waals surface area contributed by atoms with Gasteiger partial charge in [-0.2, -0.15) is 0 Å². The SMILES string of the molecule is c1ccc(-c2nc3ccc4ccc5ccc(N(c6ccccc6)c6cccc(N7c8ccccc8Oc8ccccc87)c6)cc5c4c3o2)cc1. The lowest BCUT2D eigenvalue weighted by molar-refractivity contribution is 0.477. The van der Waals surface area contributed by atoms with Gasteiger partial charge in [-0.05, 0) is 101 Å². The van der Waals surface area contributed by atoms with Gasteiger partial charge in [-0.1, -0.05) is 91.0 Å². The summed E-state index contributed by atoms with van der Waals surface area (Å²) in [6, 6.07) is 60.9. The summed E-state index contributed by atoms with van der Waals surface area (Å²) in [5.74, 6) is 2.27. The number of rotatable bonds is 5. The molecule has 0 unspecified atom stereocenters. The molecule has 5 nitrogen and oxygen atoms in total. The first kappa shape index (κ1) is 28.2. The first-order valence-electron chi connectivity index (χ1n) is 16.7. The van der Waals surface area contributed by atoms with Crippen LogP contribution in [0.5, 0.6) is 11.5 Å². The molecular formula is C45H29N3O2. The van der Waals surface area contributed by atoms with Gasteiger partial charge in [0, 0.05) is 33.7 Å². The van der Waals surface area contributed by atoms with Gasteiger partial charge in [-0.25, -0.2) is 4.98 Å². The van der Waals surface area contributed by atoms with Crippen LogP contribution in [-0.2, 0) is 0 Å². The standard InChI is InChI=1S/C45H29N3O2/c1-3-12-32(13-4-1)45-46-38-27-25-31-23-22-30-24-26-36(29-37(30)43(31)44(38)50-45)47(33-14-5-2-6-15-33)34-16-11-17-35(28-34)48-39-18-7-9-20-41(39)49-42-21-10-8-19-40(42)48/h1-29H. The fraction of sp³-hybridized carbons (Fsp3) is 0. The van der Waals surface area contributed by atoms with Crippen LogP contribution in [0.25, 0.3) is 44.1 Å². The summed E-state index contributed by atoms with van der Waals surface area (Å²) in [7, 11) is 0. The lowest BCUT2D eigenvalue weighted by Crippen LogP contribution is -2.16. The van der Waals surface area contributed by atoms with Crippen molar-refractivity contribution in [2.75, 3.05) is 9.80 Å². The lowest BCUT2D eigenvalue weighted by Gasteiger charge is -2.33. The molecule has 2 heterocycles. The highest BCUT2D eigenvalue weighted by molar-refractivity contribution is 6.18. The minimum atomic E-state index is 0.621. The number of benzene rings is 8. The summed E-state index contributed by atoms with van der Waals surface area (Å²) >= 11 is 0. The lowest BCUT2D eigenvalue weighted by atomic mass is 10.00. The fourth-order valence-corrected chi connectivity index (χ4v) is 7.13. The van der Waals surface area contributed by atoms with Crippen molar-refractivity contribution in [3.63, 3.8) is 0 Å². The zero-order valence-electron chi connectivity index (χ0n) is 26.9. The second-order valence-corrected chi connectivity index (χ2v) is 12.4. The number of hydrogen-bond acceptors (Lipinski definition) is 5. The van der Waals surface area contributed by atoms with Crippen molar-refractivity contribution >= 4 is 66.8 Å². The Balaban J connectivity index is 1.16. The Morgan fingerprint density at radius 3 is 1.90 bits per heavy atom. The van der Waals surface area contributed by atoms with Gasteiger partial charge in [0.05, 0.1) is 11.4 Å². The number of oxazole rings is 1. The minimum absolute atomic E-state index is 0.621. The Morgan fingerprint density at radius 2 is 1.12 bits per heavy atom. The molecule has 1 aliphatic heterocycles. The molecule has 0 fully saturated rings. The third-order valence-corrected chi connectivity index (χ3v) is 9.41. The van der Waals surface area contributed by atoms with Crippen molar-refractivity contribution < 1.29 is 9.15 Å². The molecule has 0 atom stereocenters. The van der Waals surface area contributed by atoms with Crippen molar-refractivity contribution in [2.45, 2.75) is 0 Å². The molecule has 0 aliphatic carbocycles. The van der Waals surface area contributed by atoms with Crippen LogP contribution in [0.15, 0.2) is 180 Å². The van der Waals surface area contributed by atoms with Crippen molar-refractivity contribution in [2.24, 2.45) is 0 Å². The van der Waals surface area contributed by atoms with E-state index in [1.54, 1.807) is 0 Å². The number of ether oxygens (including phenoxy) is 1. The molecule has 9 aromatic rings. The van der Waals surface area contributed by atoms with Crippen molar-refractivity contribution in [1.29, 1.82) is 0 Å². The van der Waals surface area contributed by atoms with Gasteiger partial charge in [0.15, 0.2) is 17.1 Å². The summed E-state index contributed by atoms with van der Waals surface area (Å²) in [5.41, 5.74) is 8.75. The maximum atomic E-state index is 6.54. The van der Waals surface area contributed by atoms with Crippen LogP contribution >= 0.6 is 0 Å². The number of aromatic nitrogens is 1. The van der Waals surface area contributed by atoms with E-state index in [4.69, 9.17) is 14.1 Å². The molecule has 0 saturated heterocycles. The van der Waals surface area contributed by atoms with Crippen LogP contribution < -0.4 is 14.5 Å². The van der Waals surface area contributed by atoms with E-state index in [0.717, 1.165) is 83.8 Å². The molecule has 0 bridgehead atoms. The van der Waals surface area contributed by atoms with E-state index in [1.165, 1.54) is 0 Å². The first-order valence-corrected chi connectivity index (χ1v) is 16.7. The van der Waals surface area contributed by atoms with Gasteiger partial charge in [-0.3, -0.25) is 0 Å². The number of hydrogen-bond donors (Lipinski definition) is 0. The molecule has 0 amide bonds. The molecule has 50 heavy (non-hydrogen) atoms. The molecule has 5 heteroatoms. The monoisotopic (exact) mass is 643 g/mol. The van der Waals surface area contributed by atoms with Crippen molar-refractivity contribution in [1.82, 2.24) is 4.98 Å². The van der Waals surface area contributed by atoms with Gasteiger partial charge < -0.3 is 19.0 Å². The predicted molar refractivity (Wildman–Crippen MR) is 204 cm³/mol. The normalized spacial score (nSPS) is 12.1. The highest BCUT2D eigenvalue weighted by Gasteiger charge is 2.26. The summed E-state index contributed by atoms with van der Waals surface area (Å²) in [4.78, 5) is 9.48. The molecule has 10 rings (SSSR count). The van der Waals surface area contributed by atoms with Crippen LogP contribution in [0, 0.1) is 0 Å². The smallest absolute Gasteiger partial charge is 0.227 e. The third kappa shape index (κ3) is 4.60. The second-order valence-electron chi connectivity index (χ2n) is 12.4. The molecule has 0 saturated carbocycles. The van der Waals surface area contributed by atoms with E-state index >= 15 is 0 Å². The Morgan fingerprint density at radius 1 is 0.500 bits per heavy atom. The van der Waals surface area contributed by atoms with Crippen LogP contribution in [-0.4, -0.2) is 4.98 Å². The molecule has 1 aromatic heterocycles. The Kier molecular flexibility index (Phi) is 6.42. The highest BCUT2D eigenvalue weighted by atomic mass is 16.5. The van der Waals surface area contributed by atoms with Gasteiger partial charge in [0.25, 0.3) is 0 Å². The Hall–Kier alpha value is -6.85. The zero-order valence-corrected chi connectivity index (χ0v) is 26.9. The molecular weight excluding hydrogens is 615 g/mol. The molecule has 0 radical (unpaired) electrons. The molecule has 1 aliphatic rings. The Labute approximate surface area is 288 Å². The predicted octanol–water partition coefficient (Wildman–Crippen LogP) is 12.8. The highest BCUT2D eigenvalue weighted by Crippen LogP contribution is 2.51. The number of anilines is 6. The van der Waals surface area contributed by atoms with Crippen LogP contribution in [0.4, 0.5) is 34.1 Å². The van der Waals surface area contributed by atoms with E-state index in [1.807, 2.05) is 60.7 Å². The van der Waals surface area contributed by atoms with E-state index in [9.17, 15) is 0 Å². The number of para-hydroxylation sites is 5. The molecule has 0 N–H and O–H groups in total. The van der Waals surface area contributed by atoms with E-state index in [2.05, 4.69) is 125 Å². The van der Waals surface area contributed by atoms with Gasteiger partial charge in [0.1, 0.15) is 5.52 Å². The zero-order chi connectivity index (χ0) is 33.0. The van der Waals surface area contributed by atoms with Crippen molar-refractivity contribution in [3.8, 4) is 23.0 Å². The Bertz CT molecular complexity index is 2660. The summed E-state index contributed by atoms with van der Waals surface area (Å²) < 4.78 is 12.9. The summed E-state index contributed by atoms with van der Waals surface area (Å²) in [6.07, 6.45) is 0. The number of fused-ring (bicyclic) bond motifs is 7. The van der Waals surface area contributed by atoms with Gasteiger partial charge >= 0.3 is 0 Å². The molecule has 0 spiro atoms. The van der Waals surface area contributed by atoms with Crippen LogP contribution in [0.2, 0.25) is 0 Å². The van der Waals surface area contributed by atoms with Gasteiger partial charge in [0.2, 0.25) is 5.89 Å². The maximum absolute atomic E-state index is 6.54. The van der Waals surface area contributed by atoms with Crippen molar-refractivity contribution in [3.05, 3.63) is 176 Å².